The smallest absolute Gasteiger partial charge is 0.399 e. The highest BCUT2D eigenvalue weighted by molar-refractivity contribution is 5.59. The van der Waals surface area contributed by atoms with E-state index in [1.54, 1.807) is 18.2 Å². The summed E-state index contributed by atoms with van der Waals surface area (Å²) in [6.45, 7) is 0. The fourth-order valence-electron chi connectivity index (χ4n) is 2.03. The van der Waals surface area contributed by atoms with Crippen LogP contribution >= 0.6 is 0 Å². The van der Waals surface area contributed by atoms with Gasteiger partial charge in [-0.05, 0) is 29.3 Å². The van der Waals surface area contributed by atoms with Crippen LogP contribution in [0.5, 0.6) is 0 Å². The van der Waals surface area contributed by atoms with Gasteiger partial charge in [0, 0.05) is 11.4 Å². The van der Waals surface area contributed by atoms with E-state index >= 15 is 0 Å². The number of nitrogens with two attached hydrogens (primary N) is 2. The molecule has 0 aliphatic rings. The maximum Gasteiger partial charge on any atom is 0.399 e. The van der Waals surface area contributed by atoms with Crippen molar-refractivity contribution in [3.05, 3.63) is 59.7 Å². The summed E-state index contributed by atoms with van der Waals surface area (Å²) in [5.74, 6) is -1.77. The lowest BCUT2D eigenvalue weighted by Crippen LogP contribution is -2.23. The van der Waals surface area contributed by atoms with Crippen molar-refractivity contribution in [3.63, 3.8) is 0 Å². The minimum absolute atomic E-state index is 0.0151. The zero-order valence-electron chi connectivity index (χ0n) is 9.98. The Balaban J connectivity index is 2.59. The maximum atomic E-state index is 13.3. The van der Waals surface area contributed by atoms with Crippen molar-refractivity contribution in [1.29, 1.82) is 0 Å². The summed E-state index contributed by atoms with van der Waals surface area (Å²) in [5.41, 5.74) is 11.7. The van der Waals surface area contributed by atoms with Gasteiger partial charge in [0.1, 0.15) is 5.92 Å². The molecule has 1 unspecified atom stereocenters. The number of alkyl halides is 3. The molecule has 0 spiro atoms. The summed E-state index contributed by atoms with van der Waals surface area (Å²) in [6, 6.07) is 11.8. The first-order chi connectivity index (χ1) is 8.89. The van der Waals surface area contributed by atoms with Crippen LogP contribution in [0, 0.1) is 0 Å². The van der Waals surface area contributed by atoms with Crippen molar-refractivity contribution < 1.29 is 13.2 Å². The largest absolute Gasteiger partial charge is 0.399 e. The fourth-order valence-corrected chi connectivity index (χ4v) is 2.03. The van der Waals surface area contributed by atoms with E-state index < -0.39 is 12.1 Å². The summed E-state index contributed by atoms with van der Waals surface area (Å²) in [7, 11) is 0. The Morgan fingerprint density at radius 3 is 2.11 bits per heavy atom. The molecular weight excluding hydrogens is 253 g/mol. The molecule has 0 saturated heterocycles. The van der Waals surface area contributed by atoms with Crippen LogP contribution in [0.15, 0.2) is 48.5 Å². The second-order valence-electron chi connectivity index (χ2n) is 4.27. The van der Waals surface area contributed by atoms with Crippen LogP contribution in [0.1, 0.15) is 17.0 Å². The van der Waals surface area contributed by atoms with Gasteiger partial charge >= 0.3 is 6.18 Å². The van der Waals surface area contributed by atoms with E-state index in [9.17, 15) is 13.2 Å². The number of hydrogen-bond acceptors (Lipinski definition) is 2. The third-order valence-corrected chi connectivity index (χ3v) is 2.88. The summed E-state index contributed by atoms with van der Waals surface area (Å²) >= 11 is 0. The predicted octanol–water partition coefficient (Wildman–Crippen LogP) is 3.55. The number of halogens is 3. The Hall–Kier alpha value is -2.17. The van der Waals surface area contributed by atoms with Crippen molar-refractivity contribution in [2.75, 3.05) is 11.5 Å². The topological polar surface area (TPSA) is 52.0 Å². The fraction of sp³-hybridized carbons (Fsp3) is 0.143. The first-order valence-electron chi connectivity index (χ1n) is 5.66. The molecule has 0 bridgehead atoms. The molecule has 2 nitrogen and oxygen atoms in total. The summed E-state index contributed by atoms with van der Waals surface area (Å²) in [5, 5.41) is 0. The highest BCUT2D eigenvalue weighted by Gasteiger charge is 2.42. The van der Waals surface area contributed by atoms with Gasteiger partial charge < -0.3 is 11.5 Å². The third kappa shape index (κ3) is 2.81. The van der Waals surface area contributed by atoms with E-state index in [4.69, 9.17) is 11.5 Å². The van der Waals surface area contributed by atoms with Crippen LogP contribution in [0.3, 0.4) is 0 Å². The highest BCUT2D eigenvalue weighted by Crippen LogP contribution is 2.42. The molecule has 0 saturated carbocycles. The molecule has 2 rings (SSSR count). The van der Waals surface area contributed by atoms with Crippen LogP contribution in [-0.4, -0.2) is 6.18 Å². The van der Waals surface area contributed by atoms with Crippen LogP contribution in [-0.2, 0) is 0 Å². The van der Waals surface area contributed by atoms with Gasteiger partial charge in [0.2, 0.25) is 0 Å². The van der Waals surface area contributed by atoms with Crippen molar-refractivity contribution in [2.45, 2.75) is 12.1 Å². The standard InChI is InChI=1S/C14H13F3N2/c15-14(16,17)13(9-4-2-1-3-5-9)11-8-10(18)6-7-12(11)19/h1-8,13H,18-19H2. The Morgan fingerprint density at radius 2 is 1.53 bits per heavy atom. The Labute approximate surface area is 108 Å². The van der Waals surface area contributed by atoms with Gasteiger partial charge in [0.15, 0.2) is 0 Å². The first kappa shape index (κ1) is 13.3. The molecule has 0 fully saturated rings. The van der Waals surface area contributed by atoms with E-state index in [1.807, 2.05) is 0 Å². The molecule has 0 heterocycles. The molecule has 5 heteroatoms. The third-order valence-electron chi connectivity index (χ3n) is 2.88. The van der Waals surface area contributed by atoms with Crippen molar-refractivity contribution in [2.24, 2.45) is 0 Å². The van der Waals surface area contributed by atoms with E-state index in [0.717, 1.165) is 0 Å². The molecule has 2 aromatic rings. The average Bonchev–Trinajstić information content (AvgIpc) is 2.33. The van der Waals surface area contributed by atoms with Gasteiger partial charge in [-0.1, -0.05) is 30.3 Å². The summed E-state index contributed by atoms with van der Waals surface area (Å²) < 4.78 is 39.9. The highest BCUT2D eigenvalue weighted by atomic mass is 19.4. The van der Waals surface area contributed by atoms with Gasteiger partial charge in [-0.15, -0.1) is 0 Å². The number of rotatable bonds is 2. The zero-order valence-corrected chi connectivity index (χ0v) is 9.98. The SMILES string of the molecule is Nc1ccc(N)c(C(c2ccccc2)C(F)(F)F)c1. The molecule has 0 amide bonds. The van der Waals surface area contributed by atoms with Crippen LogP contribution in [0.4, 0.5) is 24.5 Å². The van der Waals surface area contributed by atoms with Crippen molar-refractivity contribution in [3.8, 4) is 0 Å². The van der Waals surface area contributed by atoms with Crippen molar-refractivity contribution in [1.82, 2.24) is 0 Å². The minimum Gasteiger partial charge on any atom is -0.399 e. The van der Waals surface area contributed by atoms with Crippen LogP contribution in [0.2, 0.25) is 0 Å². The molecule has 100 valence electrons. The second-order valence-corrected chi connectivity index (χ2v) is 4.27. The number of hydrogen-bond donors (Lipinski definition) is 2. The Morgan fingerprint density at radius 1 is 0.895 bits per heavy atom. The molecule has 1 atom stereocenters. The Kier molecular flexibility index (Phi) is 3.38. The molecular formula is C14H13F3N2. The van der Waals surface area contributed by atoms with Crippen molar-refractivity contribution >= 4 is 11.4 Å². The normalized spacial score (nSPS) is 13.2. The lowest BCUT2D eigenvalue weighted by Gasteiger charge is -2.23. The number of benzene rings is 2. The zero-order chi connectivity index (χ0) is 14.0. The van der Waals surface area contributed by atoms with Gasteiger partial charge in [0.05, 0.1) is 0 Å². The molecule has 0 aromatic heterocycles. The second kappa shape index (κ2) is 4.84. The van der Waals surface area contributed by atoms with Gasteiger partial charge in [-0.25, -0.2) is 0 Å². The minimum atomic E-state index is -4.43. The molecule has 19 heavy (non-hydrogen) atoms. The van der Waals surface area contributed by atoms with E-state index in [-0.39, 0.29) is 22.5 Å². The summed E-state index contributed by atoms with van der Waals surface area (Å²) in [6.07, 6.45) is -4.43. The molecule has 0 radical (unpaired) electrons. The molecule has 2 aromatic carbocycles. The molecule has 4 N–H and O–H groups in total. The summed E-state index contributed by atoms with van der Waals surface area (Å²) in [4.78, 5) is 0. The Bertz CT molecular complexity index is 565. The lowest BCUT2D eigenvalue weighted by atomic mass is 9.89. The van der Waals surface area contributed by atoms with Gasteiger partial charge in [-0.3, -0.25) is 0 Å². The monoisotopic (exact) mass is 266 g/mol. The van der Waals surface area contributed by atoms with E-state index in [1.165, 1.54) is 30.3 Å². The molecule has 0 aliphatic heterocycles. The first-order valence-corrected chi connectivity index (χ1v) is 5.66. The van der Waals surface area contributed by atoms with E-state index in [0.29, 0.717) is 0 Å². The van der Waals surface area contributed by atoms with Crippen LogP contribution in [0.25, 0.3) is 0 Å². The number of anilines is 2. The van der Waals surface area contributed by atoms with E-state index in [2.05, 4.69) is 0 Å². The lowest BCUT2D eigenvalue weighted by molar-refractivity contribution is -0.141. The van der Waals surface area contributed by atoms with Crippen LogP contribution < -0.4 is 11.5 Å². The number of nitrogen functional groups attached to an aromatic ring is 2. The predicted molar refractivity (Wildman–Crippen MR) is 69.6 cm³/mol. The van der Waals surface area contributed by atoms with Gasteiger partial charge in [-0.2, -0.15) is 13.2 Å². The average molecular weight is 266 g/mol. The maximum absolute atomic E-state index is 13.3. The molecule has 0 aliphatic carbocycles. The quantitative estimate of drug-likeness (QED) is 0.817. The van der Waals surface area contributed by atoms with Gasteiger partial charge in [0.25, 0.3) is 0 Å².